The van der Waals surface area contributed by atoms with Gasteiger partial charge in [-0.15, -0.1) is 23.7 Å². The summed E-state index contributed by atoms with van der Waals surface area (Å²) in [6.07, 6.45) is 2.31. The van der Waals surface area contributed by atoms with Crippen molar-refractivity contribution in [3.63, 3.8) is 0 Å². The van der Waals surface area contributed by atoms with E-state index >= 15 is 0 Å². The second-order valence-electron chi connectivity index (χ2n) is 1.53. The molecule has 2 N–H and O–H groups in total. The average molecular weight is 179 g/mol. The second kappa shape index (κ2) is 4.38. The van der Waals surface area contributed by atoms with Crippen molar-refractivity contribution in [2.45, 2.75) is 6.04 Å². The molecule has 1 aromatic rings. The molecule has 0 saturated carbocycles. The summed E-state index contributed by atoms with van der Waals surface area (Å²) >= 11 is 1.39. The highest BCUT2D eigenvalue weighted by Gasteiger charge is 2.04. The normalized spacial score (nSPS) is 11.7. The number of carbonyl (C=O) groups excluding carboxylic acids is 1. The molecule has 3 nitrogen and oxygen atoms in total. The Morgan fingerprint density at radius 2 is 2.50 bits per heavy atom. The third-order valence-corrected chi connectivity index (χ3v) is 1.76. The molecule has 1 rings (SSSR count). The molecular weight excluding hydrogens is 172 g/mol. The standard InChI is InChI=1S/C5H6N2OS.ClH/c6-4(3-8)5-7-1-2-9-5;/h1-4H,6H2;1H. The molecule has 0 amide bonds. The van der Waals surface area contributed by atoms with Crippen LogP contribution in [0.25, 0.3) is 0 Å². The van der Waals surface area contributed by atoms with E-state index in [2.05, 4.69) is 4.98 Å². The van der Waals surface area contributed by atoms with Crippen molar-refractivity contribution >= 4 is 30.0 Å². The quantitative estimate of drug-likeness (QED) is 0.681. The van der Waals surface area contributed by atoms with E-state index in [-0.39, 0.29) is 12.4 Å². The van der Waals surface area contributed by atoms with E-state index in [1.54, 1.807) is 11.6 Å². The van der Waals surface area contributed by atoms with Crippen LogP contribution in [0.4, 0.5) is 0 Å². The van der Waals surface area contributed by atoms with Gasteiger partial charge in [-0.1, -0.05) is 0 Å². The zero-order chi connectivity index (χ0) is 6.69. The van der Waals surface area contributed by atoms with Gasteiger partial charge in [0.1, 0.15) is 17.3 Å². The molecule has 10 heavy (non-hydrogen) atoms. The van der Waals surface area contributed by atoms with Gasteiger partial charge in [-0.2, -0.15) is 0 Å². The van der Waals surface area contributed by atoms with E-state index in [0.717, 1.165) is 0 Å². The lowest BCUT2D eigenvalue weighted by Crippen LogP contribution is -2.10. The van der Waals surface area contributed by atoms with Crippen molar-refractivity contribution < 1.29 is 4.79 Å². The van der Waals surface area contributed by atoms with Gasteiger partial charge in [0.2, 0.25) is 0 Å². The van der Waals surface area contributed by atoms with Crippen molar-refractivity contribution in [2.75, 3.05) is 0 Å². The highest BCUT2D eigenvalue weighted by atomic mass is 35.5. The monoisotopic (exact) mass is 178 g/mol. The first-order chi connectivity index (χ1) is 4.34. The number of nitrogens with two attached hydrogens (primary N) is 1. The molecule has 5 heteroatoms. The molecular formula is C5H7ClN2OS. The minimum Gasteiger partial charge on any atom is -0.316 e. The summed E-state index contributed by atoms with van der Waals surface area (Å²) in [5, 5.41) is 2.46. The lowest BCUT2D eigenvalue weighted by atomic mass is 10.4. The molecule has 0 bridgehead atoms. The van der Waals surface area contributed by atoms with Crippen LogP contribution in [0.2, 0.25) is 0 Å². The van der Waals surface area contributed by atoms with Crippen LogP contribution in [-0.2, 0) is 4.79 Å². The first-order valence-corrected chi connectivity index (χ1v) is 3.33. The first-order valence-electron chi connectivity index (χ1n) is 2.45. The van der Waals surface area contributed by atoms with E-state index in [9.17, 15) is 4.79 Å². The first kappa shape index (κ1) is 9.55. The van der Waals surface area contributed by atoms with Gasteiger partial charge in [0, 0.05) is 11.6 Å². The Bertz CT molecular complexity index is 190. The largest absolute Gasteiger partial charge is 0.316 e. The molecule has 0 fully saturated rings. The van der Waals surface area contributed by atoms with Crippen LogP contribution in [0.5, 0.6) is 0 Å². The Morgan fingerprint density at radius 3 is 2.90 bits per heavy atom. The van der Waals surface area contributed by atoms with Crippen LogP contribution in [0.1, 0.15) is 11.0 Å². The third kappa shape index (κ3) is 2.06. The maximum Gasteiger partial charge on any atom is 0.143 e. The fourth-order valence-electron chi connectivity index (χ4n) is 0.457. The van der Waals surface area contributed by atoms with Crippen LogP contribution in [0, 0.1) is 0 Å². The number of thiazole rings is 1. The molecule has 0 radical (unpaired) electrons. The lowest BCUT2D eigenvalue weighted by molar-refractivity contribution is -0.109. The summed E-state index contributed by atoms with van der Waals surface area (Å²) < 4.78 is 0. The van der Waals surface area contributed by atoms with E-state index < -0.39 is 6.04 Å². The van der Waals surface area contributed by atoms with Crippen LogP contribution in [0.15, 0.2) is 11.6 Å². The molecule has 1 heterocycles. The van der Waals surface area contributed by atoms with Crippen LogP contribution < -0.4 is 5.73 Å². The van der Waals surface area contributed by atoms with Crippen molar-refractivity contribution in [1.29, 1.82) is 0 Å². The fourth-order valence-corrected chi connectivity index (χ4v) is 1.05. The topological polar surface area (TPSA) is 56.0 Å². The maximum absolute atomic E-state index is 10.0. The Kier molecular flexibility index (Phi) is 4.18. The van der Waals surface area contributed by atoms with Gasteiger partial charge in [0.25, 0.3) is 0 Å². The number of hydrogen-bond acceptors (Lipinski definition) is 4. The molecule has 1 aromatic heterocycles. The Labute approximate surface area is 68.7 Å². The molecule has 0 aliphatic heterocycles. The molecule has 0 aliphatic carbocycles. The summed E-state index contributed by atoms with van der Waals surface area (Å²) in [4.78, 5) is 13.9. The van der Waals surface area contributed by atoms with Crippen molar-refractivity contribution in [3.8, 4) is 0 Å². The van der Waals surface area contributed by atoms with Crippen LogP contribution >= 0.6 is 23.7 Å². The predicted molar refractivity (Wildman–Crippen MR) is 42.4 cm³/mol. The average Bonchev–Trinajstić information content (AvgIpc) is 2.37. The summed E-state index contributed by atoms with van der Waals surface area (Å²) in [7, 11) is 0. The van der Waals surface area contributed by atoms with Crippen LogP contribution in [0.3, 0.4) is 0 Å². The smallest absolute Gasteiger partial charge is 0.143 e. The molecule has 56 valence electrons. The summed E-state index contributed by atoms with van der Waals surface area (Å²) in [6, 6.07) is -0.537. The molecule has 1 atom stereocenters. The van der Waals surface area contributed by atoms with Crippen molar-refractivity contribution in [2.24, 2.45) is 5.73 Å². The minimum absolute atomic E-state index is 0. The molecule has 0 spiro atoms. The van der Waals surface area contributed by atoms with Gasteiger partial charge < -0.3 is 10.5 Å². The summed E-state index contributed by atoms with van der Waals surface area (Å²) in [5.74, 6) is 0. The van der Waals surface area contributed by atoms with Gasteiger partial charge in [-0.05, 0) is 0 Å². The predicted octanol–water partition coefficient (Wildman–Crippen LogP) is 0.764. The second-order valence-corrected chi connectivity index (χ2v) is 2.46. The molecule has 0 saturated heterocycles. The molecule has 0 aromatic carbocycles. The van der Waals surface area contributed by atoms with Gasteiger partial charge in [-0.3, -0.25) is 0 Å². The van der Waals surface area contributed by atoms with E-state index in [0.29, 0.717) is 11.3 Å². The van der Waals surface area contributed by atoms with E-state index in [4.69, 9.17) is 5.73 Å². The van der Waals surface area contributed by atoms with Gasteiger partial charge >= 0.3 is 0 Å². The zero-order valence-corrected chi connectivity index (χ0v) is 6.69. The minimum atomic E-state index is -0.537. The Balaban J connectivity index is 0.000000810. The maximum atomic E-state index is 10.0. The van der Waals surface area contributed by atoms with Gasteiger partial charge in [-0.25, -0.2) is 4.98 Å². The zero-order valence-electron chi connectivity index (χ0n) is 5.06. The van der Waals surface area contributed by atoms with Gasteiger partial charge in [0.05, 0.1) is 0 Å². The number of carbonyl (C=O) groups is 1. The number of halogens is 1. The highest BCUT2D eigenvalue weighted by molar-refractivity contribution is 7.09. The molecule has 0 aliphatic rings. The number of aldehydes is 1. The summed E-state index contributed by atoms with van der Waals surface area (Å²) in [5.41, 5.74) is 5.32. The lowest BCUT2D eigenvalue weighted by Gasteiger charge is -1.93. The van der Waals surface area contributed by atoms with E-state index in [1.807, 2.05) is 0 Å². The Morgan fingerprint density at radius 1 is 1.80 bits per heavy atom. The number of nitrogens with zero attached hydrogens (tertiary/aromatic N) is 1. The number of rotatable bonds is 2. The Hall–Kier alpha value is -0.450. The van der Waals surface area contributed by atoms with Crippen molar-refractivity contribution in [3.05, 3.63) is 16.6 Å². The van der Waals surface area contributed by atoms with Crippen molar-refractivity contribution in [1.82, 2.24) is 4.98 Å². The number of aromatic nitrogens is 1. The van der Waals surface area contributed by atoms with Crippen LogP contribution in [-0.4, -0.2) is 11.3 Å². The summed E-state index contributed by atoms with van der Waals surface area (Å²) in [6.45, 7) is 0. The van der Waals surface area contributed by atoms with E-state index in [1.165, 1.54) is 11.3 Å². The van der Waals surface area contributed by atoms with Gasteiger partial charge in [0.15, 0.2) is 0 Å². The highest BCUT2D eigenvalue weighted by Crippen LogP contribution is 2.09. The number of hydrogen-bond donors (Lipinski definition) is 1. The fraction of sp³-hybridized carbons (Fsp3) is 0.200. The third-order valence-electron chi connectivity index (χ3n) is 0.883. The SMILES string of the molecule is Cl.NC(C=O)c1nccs1. The molecule has 1 unspecified atom stereocenters.